The van der Waals surface area contributed by atoms with Crippen LogP contribution in [0.3, 0.4) is 0 Å². The molecule has 2 aromatic rings. The lowest BCUT2D eigenvalue weighted by Gasteiger charge is -2.22. The van der Waals surface area contributed by atoms with Gasteiger partial charge in [0.25, 0.3) is 0 Å². The fourth-order valence-corrected chi connectivity index (χ4v) is 2.76. The summed E-state index contributed by atoms with van der Waals surface area (Å²) in [7, 11) is 0. The van der Waals surface area contributed by atoms with E-state index in [9.17, 15) is 14.9 Å². The Balaban J connectivity index is 2.56. The Morgan fingerprint density at radius 3 is 2.20 bits per heavy atom. The second kappa shape index (κ2) is 9.75. The molecular weight excluding hydrogens is 386 g/mol. The molecule has 0 aliphatic carbocycles. The van der Waals surface area contributed by atoms with Crippen molar-refractivity contribution in [3.63, 3.8) is 0 Å². The third-order valence-electron chi connectivity index (χ3n) is 4.18. The summed E-state index contributed by atoms with van der Waals surface area (Å²) in [6, 6.07) is 7.36. The van der Waals surface area contributed by atoms with Gasteiger partial charge in [0.1, 0.15) is 5.69 Å². The van der Waals surface area contributed by atoms with E-state index in [1.54, 1.807) is 12.1 Å². The summed E-state index contributed by atoms with van der Waals surface area (Å²) < 4.78 is 0. The standard InChI is InChI=1S/C20H19N7O3/c1-6-26(7-2)14-8-9-16(17(10-14)23-13(3)28)24-25-20-18(21-4)11-15(27(29)30)12-19(20)22-5/h8-12H,6-7H2,1-3H3,(H,23,28). The number of hydrogen-bond donors (Lipinski definition) is 1. The average Bonchev–Trinajstić information content (AvgIpc) is 2.72. The Hall–Kier alpha value is -4.31. The van der Waals surface area contributed by atoms with Crippen LogP contribution in [0.2, 0.25) is 0 Å². The molecule has 30 heavy (non-hydrogen) atoms. The first-order chi connectivity index (χ1) is 14.3. The molecule has 2 rings (SSSR count). The Morgan fingerprint density at radius 2 is 1.73 bits per heavy atom. The molecule has 10 heteroatoms. The van der Waals surface area contributed by atoms with Crippen LogP contribution in [0.15, 0.2) is 40.6 Å². The molecule has 152 valence electrons. The van der Waals surface area contributed by atoms with Crippen LogP contribution in [-0.2, 0) is 4.79 Å². The summed E-state index contributed by atoms with van der Waals surface area (Å²) >= 11 is 0. The fraction of sp³-hybridized carbons (Fsp3) is 0.250. The van der Waals surface area contributed by atoms with Gasteiger partial charge in [0.05, 0.1) is 29.4 Å². The molecule has 1 N–H and O–H groups in total. The molecule has 0 saturated carbocycles. The Kier molecular flexibility index (Phi) is 7.15. The van der Waals surface area contributed by atoms with Crippen LogP contribution in [-0.4, -0.2) is 23.9 Å². The predicted molar refractivity (Wildman–Crippen MR) is 114 cm³/mol. The number of azo groups is 1. The van der Waals surface area contributed by atoms with Gasteiger partial charge in [-0.1, -0.05) is 0 Å². The third-order valence-corrected chi connectivity index (χ3v) is 4.18. The normalized spacial score (nSPS) is 10.3. The van der Waals surface area contributed by atoms with Gasteiger partial charge in [0.2, 0.25) is 23.0 Å². The molecule has 0 aromatic heterocycles. The Morgan fingerprint density at radius 1 is 1.13 bits per heavy atom. The first kappa shape index (κ1) is 22.0. The highest BCUT2D eigenvalue weighted by Crippen LogP contribution is 2.43. The minimum Gasteiger partial charge on any atom is -0.372 e. The number of carbonyl (C=O) groups excluding carboxylic acids is 1. The Labute approximate surface area is 173 Å². The van der Waals surface area contributed by atoms with Gasteiger partial charge in [0, 0.05) is 37.8 Å². The van der Waals surface area contributed by atoms with Crippen LogP contribution >= 0.6 is 0 Å². The van der Waals surface area contributed by atoms with E-state index in [0.717, 1.165) is 30.9 Å². The van der Waals surface area contributed by atoms with Gasteiger partial charge in [-0.25, -0.2) is 9.69 Å². The summed E-state index contributed by atoms with van der Waals surface area (Å²) in [5.41, 5.74) is 0.902. The highest BCUT2D eigenvalue weighted by Gasteiger charge is 2.17. The molecule has 0 bridgehead atoms. The summed E-state index contributed by atoms with van der Waals surface area (Å²) in [5.74, 6) is -0.290. The molecule has 1 amide bonds. The van der Waals surface area contributed by atoms with Gasteiger partial charge in [-0.15, -0.1) is 0 Å². The van der Waals surface area contributed by atoms with Gasteiger partial charge in [-0.3, -0.25) is 14.9 Å². The van der Waals surface area contributed by atoms with Crippen LogP contribution in [0.5, 0.6) is 0 Å². The van der Waals surface area contributed by atoms with Gasteiger partial charge >= 0.3 is 0 Å². The molecule has 0 aliphatic heterocycles. The van der Waals surface area contributed by atoms with Crippen molar-refractivity contribution in [3.8, 4) is 0 Å². The van der Waals surface area contributed by atoms with E-state index in [-0.39, 0.29) is 28.7 Å². The van der Waals surface area contributed by atoms with E-state index in [2.05, 4.69) is 30.1 Å². The van der Waals surface area contributed by atoms with Crippen LogP contribution < -0.4 is 10.2 Å². The van der Waals surface area contributed by atoms with Crippen LogP contribution in [0, 0.1) is 23.3 Å². The molecule has 2 aromatic carbocycles. The lowest BCUT2D eigenvalue weighted by molar-refractivity contribution is -0.384. The van der Waals surface area contributed by atoms with Crippen LogP contribution in [0.25, 0.3) is 9.69 Å². The number of nitro groups is 1. The molecule has 0 aliphatic rings. The molecule has 0 unspecified atom stereocenters. The van der Waals surface area contributed by atoms with Gasteiger partial charge in [-0.2, -0.15) is 10.2 Å². The van der Waals surface area contributed by atoms with Crippen molar-refractivity contribution in [1.29, 1.82) is 0 Å². The number of nitro benzene ring substituents is 1. The molecule has 0 heterocycles. The molecular formula is C20H19N7O3. The van der Waals surface area contributed by atoms with E-state index in [4.69, 9.17) is 13.1 Å². The lowest BCUT2D eigenvalue weighted by atomic mass is 10.2. The number of nitrogens with one attached hydrogen (secondary N) is 1. The predicted octanol–water partition coefficient (Wildman–Crippen LogP) is 5.92. The minimum atomic E-state index is -0.675. The van der Waals surface area contributed by atoms with Crippen molar-refractivity contribution >= 4 is 45.7 Å². The first-order valence-electron chi connectivity index (χ1n) is 9.00. The third kappa shape index (κ3) is 4.94. The lowest BCUT2D eigenvalue weighted by Crippen LogP contribution is -2.21. The number of hydrogen-bond acceptors (Lipinski definition) is 6. The number of rotatable bonds is 7. The van der Waals surface area contributed by atoms with Crippen LogP contribution in [0.1, 0.15) is 20.8 Å². The fourth-order valence-electron chi connectivity index (χ4n) is 2.76. The number of carbonyl (C=O) groups is 1. The maximum absolute atomic E-state index is 11.6. The summed E-state index contributed by atoms with van der Waals surface area (Å²) in [6.45, 7) is 21.5. The van der Waals surface area contributed by atoms with Crippen molar-refractivity contribution in [2.75, 3.05) is 23.3 Å². The molecule has 0 atom stereocenters. The number of nitrogens with zero attached hydrogens (tertiary/aromatic N) is 6. The zero-order chi connectivity index (χ0) is 22.3. The summed E-state index contributed by atoms with van der Waals surface area (Å²) in [6.07, 6.45) is 0. The first-order valence-corrected chi connectivity index (χ1v) is 9.00. The molecule has 0 saturated heterocycles. The van der Waals surface area contributed by atoms with E-state index < -0.39 is 4.92 Å². The van der Waals surface area contributed by atoms with Gasteiger partial charge in [-0.05, 0) is 32.0 Å². The second-order valence-electron chi connectivity index (χ2n) is 6.07. The second-order valence-corrected chi connectivity index (χ2v) is 6.07. The van der Waals surface area contributed by atoms with Crippen molar-refractivity contribution < 1.29 is 9.72 Å². The van der Waals surface area contributed by atoms with Crippen molar-refractivity contribution in [2.45, 2.75) is 20.8 Å². The molecule has 0 radical (unpaired) electrons. The van der Waals surface area contributed by atoms with Crippen molar-refractivity contribution in [3.05, 3.63) is 63.3 Å². The van der Waals surface area contributed by atoms with Crippen molar-refractivity contribution in [1.82, 2.24) is 0 Å². The highest BCUT2D eigenvalue weighted by molar-refractivity contribution is 5.93. The van der Waals surface area contributed by atoms with E-state index >= 15 is 0 Å². The highest BCUT2D eigenvalue weighted by atomic mass is 16.6. The van der Waals surface area contributed by atoms with Crippen LogP contribution in [0.4, 0.5) is 39.8 Å². The zero-order valence-corrected chi connectivity index (χ0v) is 16.7. The number of non-ortho nitro benzene ring substituents is 1. The largest absolute Gasteiger partial charge is 0.372 e. The van der Waals surface area contributed by atoms with E-state index in [1.165, 1.54) is 6.92 Å². The Bertz CT molecular complexity index is 1060. The van der Waals surface area contributed by atoms with E-state index in [0.29, 0.717) is 11.4 Å². The summed E-state index contributed by atoms with van der Waals surface area (Å²) in [5, 5.41) is 21.8. The quantitative estimate of drug-likeness (QED) is 0.267. The summed E-state index contributed by atoms with van der Waals surface area (Å²) in [4.78, 5) is 30.5. The zero-order valence-electron chi connectivity index (χ0n) is 16.7. The van der Waals surface area contributed by atoms with Gasteiger partial charge in [0.15, 0.2) is 0 Å². The maximum Gasteiger partial charge on any atom is 0.249 e. The SMILES string of the molecule is [C-]#[N+]c1cc([N+](=O)[O-])cc([N+]#[C-])c1N=Nc1ccc(N(CC)CC)cc1NC(C)=O. The maximum atomic E-state index is 11.6. The number of anilines is 2. The smallest absolute Gasteiger partial charge is 0.249 e. The van der Waals surface area contributed by atoms with Gasteiger partial charge < -0.3 is 10.2 Å². The monoisotopic (exact) mass is 405 g/mol. The number of benzene rings is 2. The number of amides is 1. The molecule has 10 nitrogen and oxygen atoms in total. The molecule has 0 spiro atoms. The van der Waals surface area contributed by atoms with Crippen molar-refractivity contribution in [2.24, 2.45) is 10.2 Å². The van der Waals surface area contributed by atoms with E-state index in [1.807, 2.05) is 19.9 Å². The topological polar surface area (TPSA) is 109 Å². The molecule has 0 fully saturated rings. The minimum absolute atomic E-state index is 0.0628. The average molecular weight is 405 g/mol.